The molecule has 4 heteroatoms. The normalized spacial score (nSPS) is 12.3. The van der Waals surface area contributed by atoms with Crippen LogP contribution in [0.2, 0.25) is 5.02 Å². The van der Waals surface area contributed by atoms with E-state index < -0.39 is 0 Å². The van der Waals surface area contributed by atoms with E-state index in [4.69, 9.17) is 11.6 Å². The molecular formula is C11H13BrClNO. The Labute approximate surface area is 103 Å². The molecule has 0 bridgehead atoms. The average Bonchev–Trinajstić information content (AvgIpc) is 2.21. The van der Waals surface area contributed by atoms with Gasteiger partial charge >= 0.3 is 0 Å². The van der Waals surface area contributed by atoms with Gasteiger partial charge in [0.15, 0.2) is 0 Å². The molecule has 0 fully saturated rings. The molecule has 1 rings (SSSR count). The predicted molar refractivity (Wildman–Crippen MR) is 66.4 cm³/mol. The smallest absolute Gasteiger partial charge is 0.253 e. The van der Waals surface area contributed by atoms with Crippen LogP contribution in [0.3, 0.4) is 0 Å². The molecule has 0 saturated heterocycles. The Morgan fingerprint density at radius 3 is 2.87 bits per heavy atom. The Balaban J connectivity index is 2.86. The maximum absolute atomic E-state index is 11.8. The minimum Gasteiger partial charge on any atom is -0.350 e. The topological polar surface area (TPSA) is 29.1 Å². The molecular weight excluding hydrogens is 277 g/mol. The van der Waals surface area contributed by atoms with Gasteiger partial charge in [0.1, 0.15) is 0 Å². The SMILES string of the molecule is CC[C@H](C)NC(=O)c1cc(Br)ccc1Cl. The van der Waals surface area contributed by atoms with E-state index in [0.717, 1.165) is 10.9 Å². The van der Waals surface area contributed by atoms with Gasteiger partial charge < -0.3 is 5.32 Å². The lowest BCUT2D eigenvalue weighted by Gasteiger charge is -2.12. The third kappa shape index (κ3) is 3.50. The Kier molecular flexibility index (Phi) is 4.61. The fraction of sp³-hybridized carbons (Fsp3) is 0.364. The van der Waals surface area contributed by atoms with Crippen LogP contribution in [0.5, 0.6) is 0 Å². The number of rotatable bonds is 3. The predicted octanol–water partition coefficient (Wildman–Crippen LogP) is 3.63. The van der Waals surface area contributed by atoms with Crippen LogP contribution in [0.25, 0.3) is 0 Å². The molecule has 0 heterocycles. The number of amides is 1. The number of halogens is 2. The lowest BCUT2D eigenvalue weighted by Crippen LogP contribution is -2.32. The van der Waals surface area contributed by atoms with E-state index in [9.17, 15) is 4.79 Å². The molecule has 0 aliphatic carbocycles. The van der Waals surface area contributed by atoms with Gasteiger partial charge in [0, 0.05) is 10.5 Å². The Hall–Kier alpha value is -0.540. The second-order valence-corrected chi connectivity index (χ2v) is 4.73. The maximum atomic E-state index is 11.8. The molecule has 1 N–H and O–H groups in total. The molecule has 1 atom stereocenters. The molecule has 0 unspecified atom stereocenters. The fourth-order valence-corrected chi connectivity index (χ4v) is 1.64. The van der Waals surface area contributed by atoms with Crippen LogP contribution in [0, 0.1) is 0 Å². The highest BCUT2D eigenvalue weighted by atomic mass is 79.9. The molecule has 1 aromatic rings. The van der Waals surface area contributed by atoms with Gasteiger partial charge in [-0.1, -0.05) is 34.5 Å². The first-order valence-corrected chi connectivity index (χ1v) is 5.97. The lowest BCUT2D eigenvalue weighted by molar-refractivity contribution is 0.0939. The van der Waals surface area contributed by atoms with E-state index >= 15 is 0 Å². The summed E-state index contributed by atoms with van der Waals surface area (Å²) in [6.07, 6.45) is 0.900. The summed E-state index contributed by atoms with van der Waals surface area (Å²) >= 11 is 9.25. The van der Waals surface area contributed by atoms with Crippen molar-refractivity contribution >= 4 is 33.4 Å². The number of carbonyl (C=O) groups excluding carboxylic acids is 1. The Morgan fingerprint density at radius 2 is 2.27 bits per heavy atom. The minimum absolute atomic E-state index is 0.129. The molecule has 0 spiro atoms. The van der Waals surface area contributed by atoms with Crippen LogP contribution >= 0.6 is 27.5 Å². The molecule has 0 saturated carbocycles. The summed E-state index contributed by atoms with van der Waals surface area (Å²) in [6, 6.07) is 5.40. The summed E-state index contributed by atoms with van der Waals surface area (Å²) < 4.78 is 0.848. The Morgan fingerprint density at radius 1 is 1.60 bits per heavy atom. The van der Waals surface area contributed by atoms with E-state index in [1.54, 1.807) is 12.1 Å². The van der Waals surface area contributed by atoms with Crippen molar-refractivity contribution in [2.75, 3.05) is 0 Å². The number of carbonyl (C=O) groups is 1. The zero-order chi connectivity index (χ0) is 11.4. The molecule has 82 valence electrons. The van der Waals surface area contributed by atoms with Crippen molar-refractivity contribution < 1.29 is 4.79 Å². The van der Waals surface area contributed by atoms with Crippen molar-refractivity contribution in [3.8, 4) is 0 Å². The van der Waals surface area contributed by atoms with Crippen molar-refractivity contribution in [2.24, 2.45) is 0 Å². The van der Waals surface area contributed by atoms with E-state index in [1.165, 1.54) is 0 Å². The Bertz CT molecular complexity index is 368. The third-order valence-electron chi connectivity index (χ3n) is 2.16. The average molecular weight is 291 g/mol. The molecule has 2 nitrogen and oxygen atoms in total. The molecule has 1 amide bonds. The quantitative estimate of drug-likeness (QED) is 0.905. The second kappa shape index (κ2) is 5.52. The highest BCUT2D eigenvalue weighted by molar-refractivity contribution is 9.10. The maximum Gasteiger partial charge on any atom is 0.253 e. The molecule has 0 aliphatic rings. The summed E-state index contributed by atoms with van der Waals surface area (Å²) in [4.78, 5) is 11.8. The lowest BCUT2D eigenvalue weighted by atomic mass is 10.2. The first-order valence-electron chi connectivity index (χ1n) is 4.80. The van der Waals surface area contributed by atoms with Gasteiger partial charge in [-0.05, 0) is 31.5 Å². The van der Waals surface area contributed by atoms with Crippen molar-refractivity contribution in [3.63, 3.8) is 0 Å². The summed E-state index contributed by atoms with van der Waals surface area (Å²) in [7, 11) is 0. The number of nitrogens with one attached hydrogen (secondary N) is 1. The molecule has 1 aromatic carbocycles. The zero-order valence-electron chi connectivity index (χ0n) is 8.68. The van der Waals surface area contributed by atoms with Crippen molar-refractivity contribution in [3.05, 3.63) is 33.3 Å². The number of hydrogen-bond acceptors (Lipinski definition) is 1. The van der Waals surface area contributed by atoms with Crippen molar-refractivity contribution in [1.29, 1.82) is 0 Å². The standard InChI is InChI=1S/C11H13BrClNO/c1-3-7(2)14-11(15)9-6-8(12)4-5-10(9)13/h4-7H,3H2,1-2H3,(H,14,15)/t7-/m0/s1. The number of benzene rings is 1. The van der Waals surface area contributed by atoms with Crippen LogP contribution in [0.4, 0.5) is 0 Å². The van der Waals surface area contributed by atoms with Crippen LogP contribution < -0.4 is 5.32 Å². The highest BCUT2D eigenvalue weighted by Gasteiger charge is 2.12. The largest absolute Gasteiger partial charge is 0.350 e. The molecule has 0 aliphatic heterocycles. The molecule has 0 aromatic heterocycles. The second-order valence-electron chi connectivity index (χ2n) is 3.41. The summed E-state index contributed by atoms with van der Waals surface area (Å²) in [5.41, 5.74) is 0.506. The van der Waals surface area contributed by atoms with Crippen LogP contribution in [0.15, 0.2) is 22.7 Å². The third-order valence-corrected chi connectivity index (χ3v) is 2.99. The van der Waals surface area contributed by atoms with Gasteiger partial charge in [-0.25, -0.2) is 0 Å². The van der Waals surface area contributed by atoms with Gasteiger partial charge in [-0.3, -0.25) is 4.79 Å². The van der Waals surface area contributed by atoms with Crippen LogP contribution in [-0.2, 0) is 0 Å². The molecule has 15 heavy (non-hydrogen) atoms. The van der Waals surface area contributed by atoms with Gasteiger partial charge in [-0.2, -0.15) is 0 Å². The van der Waals surface area contributed by atoms with Crippen LogP contribution in [-0.4, -0.2) is 11.9 Å². The monoisotopic (exact) mass is 289 g/mol. The van der Waals surface area contributed by atoms with Gasteiger partial charge in [0.05, 0.1) is 10.6 Å². The van der Waals surface area contributed by atoms with E-state index in [-0.39, 0.29) is 11.9 Å². The summed E-state index contributed by atoms with van der Waals surface area (Å²) in [5, 5.41) is 3.34. The van der Waals surface area contributed by atoms with Gasteiger partial charge in [0.2, 0.25) is 0 Å². The van der Waals surface area contributed by atoms with E-state index in [2.05, 4.69) is 21.2 Å². The number of hydrogen-bond donors (Lipinski definition) is 1. The van der Waals surface area contributed by atoms with E-state index in [1.807, 2.05) is 19.9 Å². The first kappa shape index (κ1) is 12.5. The fourth-order valence-electron chi connectivity index (χ4n) is 1.08. The summed E-state index contributed by atoms with van der Waals surface area (Å²) in [6.45, 7) is 3.98. The van der Waals surface area contributed by atoms with E-state index in [0.29, 0.717) is 10.6 Å². The van der Waals surface area contributed by atoms with Gasteiger partial charge in [-0.15, -0.1) is 0 Å². The molecule has 0 radical (unpaired) electrons. The van der Waals surface area contributed by atoms with Crippen molar-refractivity contribution in [1.82, 2.24) is 5.32 Å². The minimum atomic E-state index is -0.129. The van der Waals surface area contributed by atoms with Crippen molar-refractivity contribution in [2.45, 2.75) is 26.3 Å². The van der Waals surface area contributed by atoms with Crippen LogP contribution in [0.1, 0.15) is 30.6 Å². The summed E-state index contributed by atoms with van der Waals surface area (Å²) in [5.74, 6) is -0.129. The first-order chi connectivity index (χ1) is 7.04. The zero-order valence-corrected chi connectivity index (χ0v) is 11.0. The highest BCUT2D eigenvalue weighted by Crippen LogP contribution is 2.20. The van der Waals surface area contributed by atoms with Gasteiger partial charge in [0.25, 0.3) is 5.91 Å².